The number of nitrogens with two attached hydrogens (primary N) is 4. The molecule has 7 rings (SSSR count). The Bertz CT molecular complexity index is 3500. The number of guanidine groups is 1. The van der Waals surface area contributed by atoms with Gasteiger partial charge in [-0.1, -0.05) is 121 Å². The summed E-state index contributed by atoms with van der Waals surface area (Å²) in [7, 11) is 0. The summed E-state index contributed by atoms with van der Waals surface area (Å²) >= 11 is 0. The van der Waals surface area contributed by atoms with Gasteiger partial charge in [0.15, 0.2) is 5.96 Å². The molecule has 9 amide bonds. The standard InChI is InChI=1S/C67H85N15O11/c1-40(83)57-66(93)81-53(35-41-16-5-2-6-17-41)59(86)72-33-30-52(75-58(85)48(69)34-44-26-28-46(84)29-27-44)61(88)76-51(25-15-32-73-67(70)71)60(87)78-54(36-42-18-7-3-8-19-42)63(90)79-55(37-43-20-9-4-10-21-43)64(91)80-56(38-45-39-74-49-23-12-11-22-47(45)49)65(92)77-50(62(89)82-57)24-13-14-31-68/h2-12,16-23,26-29,39-40,48,50-57,74,83-84H,13-15,24-25,30-38,68-69H2,1H3,(H,72,86)(H,75,85)(H,76,88)(H,77,92)(H,78,87)(H,79,90)(H,80,91)(H,81,93)(H,82,89)(H4,70,71,73). The van der Waals surface area contributed by atoms with Crippen molar-refractivity contribution in [1.82, 2.24) is 52.8 Å². The van der Waals surface area contributed by atoms with E-state index >= 15 is 14.4 Å². The number of nitrogens with zero attached hydrogens (tertiary/aromatic N) is 1. The number of rotatable bonds is 21. The van der Waals surface area contributed by atoms with E-state index in [-0.39, 0.29) is 89.1 Å². The van der Waals surface area contributed by atoms with Crippen LogP contribution in [0.3, 0.4) is 0 Å². The van der Waals surface area contributed by atoms with Crippen molar-refractivity contribution in [1.29, 1.82) is 0 Å². The maximum absolute atomic E-state index is 15.2. The number of aliphatic hydroxyl groups is 1. The number of aromatic amines is 1. The molecule has 0 saturated carbocycles. The number of aliphatic imine (C=N–C) groups is 1. The molecular formula is C67H85N15O11. The quantitative estimate of drug-likeness (QED) is 0.0249. The summed E-state index contributed by atoms with van der Waals surface area (Å²) in [4.78, 5) is 140. The largest absolute Gasteiger partial charge is 0.508 e. The van der Waals surface area contributed by atoms with Crippen molar-refractivity contribution in [3.8, 4) is 5.75 Å². The highest BCUT2D eigenvalue weighted by Gasteiger charge is 2.37. The third kappa shape index (κ3) is 22.0. The second-order valence-corrected chi connectivity index (χ2v) is 23.1. The first-order valence-corrected chi connectivity index (χ1v) is 31.1. The second-order valence-electron chi connectivity index (χ2n) is 23.1. The number of phenolic OH excluding ortho intramolecular Hbond substituents is 1. The molecule has 20 N–H and O–H groups in total. The predicted molar refractivity (Wildman–Crippen MR) is 350 cm³/mol. The topological polar surface area (TPSA) is 435 Å². The van der Waals surface area contributed by atoms with Crippen LogP contribution in [0.5, 0.6) is 5.75 Å². The number of H-pyrrole nitrogens is 1. The van der Waals surface area contributed by atoms with Crippen LogP contribution in [0.4, 0.5) is 0 Å². The van der Waals surface area contributed by atoms with Crippen LogP contribution in [0.2, 0.25) is 0 Å². The highest BCUT2D eigenvalue weighted by molar-refractivity contribution is 5.99. The maximum Gasteiger partial charge on any atom is 0.245 e. The van der Waals surface area contributed by atoms with E-state index in [1.54, 1.807) is 115 Å². The van der Waals surface area contributed by atoms with Gasteiger partial charge in [-0.15, -0.1) is 0 Å². The van der Waals surface area contributed by atoms with E-state index in [1.807, 2.05) is 18.2 Å². The fourth-order valence-corrected chi connectivity index (χ4v) is 10.7. The Hall–Kier alpha value is -10.2. The lowest BCUT2D eigenvalue weighted by molar-refractivity contribution is -0.137. The van der Waals surface area contributed by atoms with Crippen LogP contribution in [0.1, 0.15) is 73.3 Å². The van der Waals surface area contributed by atoms with E-state index in [4.69, 9.17) is 22.9 Å². The average Bonchev–Trinajstić information content (AvgIpc) is 1.81. The molecule has 0 spiro atoms. The molecule has 0 bridgehead atoms. The summed E-state index contributed by atoms with van der Waals surface area (Å²) in [6.45, 7) is 1.15. The lowest BCUT2D eigenvalue weighted by Gasteiger charge is -2.29. The molecule has 6 aromatic rings. The molecule has 1 aromatic heterocycles. The van der Waals surface area contributed by atoms with E-state index in [9.17, 15) is 39.0 Å². The van der Waals surface area contributed by atoms with Gasteiger partial charge in [-0.25, -0.2) is 0 Å². The van der Waals surface area contributed by atoms with Gasteiger partial charge in [0, 0.05) is 55.9 Å². The van der Waals surface area contributed by atoms with Crippen LogP contribution < -0.4 is 70.8 Å². The minimum absolute atomic E-state index is 0.00376. The molecule has 26 nitrogen and oxygen atoms in total. The molecular weight excluding hydrogens is 1190 g/mol. The van der Waals surface area contributed by atoms with Crippen molar-refractivity contribution in [3.05, 3.63) is 174 Å². The highest BCUT2D eigenvalue weighted by atomic mass is 16.3. The molecule has 5 aromatic carbocycles. The van der Waals surface area contributed by atoms with E-state index in [0.717, 1.165) is 10.9 Å². The smallest absolute Gasteiger partial charge is 0.245 e. The summed E-state index contributed by atoms with van der Waals surface area (Å²) in [5.41, 5.74) is 27.3. The van der Waals surface area contributed by atoms with Gasteiger partial charge in [-0.3, -0.25) is 48.1 Å². The second kappa shape index (κ2) is 35.4. The Morgan fingerprint density at radius 1 is 0.548 bits per heavy atom. The Balaban J connectivity index is 1.32. The van der Waals surface area contributed by atoms with Crippen LogP contribution in [-0.4, -0.2) is 154 Å². The molecule has 1 saturated heterocycles. The number of unbranched alkanes of at least 4 members (excludes halogenated alkanes) is 1. The number of nitrogens with one attached hydrogen (secondary N) is 10. The number of amides is 9. The summed E-state index contributed by atoms with van der Waals surface area (Å²) in [6.07, 6.45) is -0.0922. The van der Waals surface area contributed by atoms with Gasteiger partial charge < -0.3 is 86.0 Å². The Labute approximate surface area is 539 Å². The number of aromatic hydroxyl groups is 1. The number of fused-ring (bicyclic) bond motifs is 1. The van der Waals surface area contributed by atoms with Crippen LogP contribution in [0.25, 0.3) is 10.9 Å². The van der Waals surface area contributed by atoms with Crippen molar-refractivity contribution in [3.63, 3.8) is 0 Å². The first kappa shape index (κ1) is 70.3. The fraction of sp³-hybridized carbons (Fsp3) is 0.373. The minimum Gasteiger partial charge on any atom is -0.508 e. The fourth-order valence-electron chi connectivity index (χ4n) is 10.7. The van der Waals surface area contributed by atoms with Gasteiger partial charge in [0.1, 0.15) is 54.1 Å². The molecule has 10 atom stereocenters. The highest BCUT2D eigenvalue weighted by Crippen LogP contribution is 2.21. The molecule has 1 aliphatic rings. The molecule has 2 heterocycles. The van der Waals surface area contributed by atoms with E-state index in [2.05, 4.69) is 57.8 Å². The number of benzene rings is 5. The zero-order valence-electron chi connectivity index (χ0n) is 51.9. The number of phenols is 1. The molecule has 10 unspecified atom stereocenters. The molecule has 494 valence electrons. The normalized spacial score (nSPS) is 21.6. The summed E-state index contributed by atoms with van der Waals surface area (Å²) in [6, 6.07) is 26.3. The van der Waals surface area contributed by atoms with Gasteiger partial charge >= 0.3 is 0 Å². The Kier molecular flexibility index (Phi) is 26.8. The average molecular weight is 1280 g/mol. The van der Waals surface area contributed by atoms with E-state index in [0.29, 0.717) is 40.7 Å². The first-order chi connectivity index (χ1) is 44.7. The summed E-state index contributed by atoms with van der Waals surface area (Å²) in [5.74, 6) is -8.00. The molecule has 26 heteroatoms. The van der Waals surface area contributed by atoms with Crippen molar-refractivity contribution in [2.75, 3.05) is 19.6 Å². The molecule has 1 fully saturated rings. The number of para-hydroxylation sites is 1. The first-order valence-electron chi connectivity index (χ1n) is 31.1. The van der Waals surface area contributed by atoms with Gasteiger partial charge in [0.2, 0.25) is 53.2 Å². The Morgan fingerprint density at radius 2 is 1.01 bits per heavy atom. The predicted octanol–water partition coefficient (Wildman–Crippen LogP) is -0.324. The molecule has 0 aliphatic carbocycles. The number of carbonyl (C=O) groups excluding carboxylic acids is 9. The maximum atomic E-state index is 15.2. The third-order valence-electron chi connectivity index (χ3n) is 15.8. The lowest BCUT2D eigenvalue weighted by Crippen LogP contribution is -2.62. The molecule has 93 heavy (non-hydrogen) atoms. The lowest BCUT2D eigenvalue weighted by atomic mass is 10.00. The van der Waals surface area contributed by atoms with E-state index in [1.165, 1.54) is 19.1 Å². The van der Waals surface area contributed by atoms with Crippen LogP contribution in [0, 0.1) is 0 Å². The monoisotopic (exact) mass is 1280 g/mol. The molecule has 0 radical (unpaired) electrons. The van der Waals surface area contributed by atoms with Crippen LogP contribution in [-0.2, 0) is 75.3 Å². The van der Waals surface area contributed by atoms with Crippen LogP contribution >= 0.6 is 0 Å². The van der Waals surface area contributed by atoms with Gasteiger partial charge in [-0.2, -0.15) is 0 Å². The number of aromatic nitrogens is 1. The number of hydrogen-bond donors (Lipinski definition) is 16. The van der Waals surface area contributed by atoms with E-state index < -0.39 is 114 Å². The summed E-state index contributed by atoms with van der Waals surface area (Å²) in [5, 5.41) is 46.6. The van der Waals surface area contributed by atoms with Crippen molar-refractivity contribution in [2.45, 2.75) is 138 Å². The van der Waals surface area contributed by atoms with Crippen molar-refractivity contribution >= 4 is 70.0 Å². The summed E-state index contributed by atoms with van der Waals surface area (Å²) < 4.78 is 0. The number of carbonyl (C=O) groups is 9. The van der Waals surface area contributed by atoms with Gasteiger partial charge in [0.05, 0.1) is 12.1 Å². The zero-order chi connectivity index (χ0) is 66.8. The van der Waals surface area contributed by atoms with Gasteiger partial charge in [0.25, 0.3) is 0 Å². The number of hydrogen-bond acceptors (Lipinski definition) is 14. The third-order valence-corrected chi connectivity index (χ3v) is 15.8. The zero-order valence-corrected chi connectivity index (χ0v) is 51.9. The molecule has 1 aliphatic heterocycles. The minimum atomic E-state index is -1.72. The SMILES string of the molecule is CC(O)C1NC(=O)C(CCCCN)NC(=O)C(Cc2c[nH]c3ccccc23)NC(=O)C(Cc2ccccc2)NC(=O)C(Cc2ccccc2)NC(=O)C(CCCN=C(N)N)NC(=O)C(NC(=O)C(N)Cc2ccc(O)cc2)CCNC(=O)C(Cc2ccccc2)NC1=O. The van der Waals surface area contributed by atoms with Crippen molar-refractivity contribution < 1.29 is 53.4 Å². The van der Waals surface area contributed by atoms with Gasteiger partial charge in [-0.05, 0) is 104 Å². The van der Waals surface area contributed by atoms with Crippen molar-refractivity contribution in [2.24, 2.45) is 27.9 Å². The number of aliphatic hydroxyl groups excluding tert-OH is 1. The van der Waals surface area contributed by atoms with Crippen LogP contribution in [0.15, 0.2) is 151 Å². The Morgan fingerprint density at radius 3 is 1.55 bits per heavy atom.